The molecular weight excluding hydrogens is 402 g/mol. The lowest BCUT2D eigenvalue weighted by Gasteiger charge is -2.39. The van der Waals surface area contributed by atoms with Gasteiger partial charge in [-0.15, -0.1) is 0 Å². The zero-order valence-electron chi connectivity index (χ0n) is 17.1. The maximum atomic E-state index is 14.0. The lowest BCUT2D eigenvalue weighted by molar-refractivity contribution is -0.144. The third-order valence-corrected chi connectivity index (χ3v) is 6.83. The summed E-state index contributed by atoms with van der Waals surface area (Å²) in [7, 11) is 0. The number of likely N-dealkylation sites (tertiary alicyclic amines) is 1. The molecule has 3 aliphatic rings. The smallest absolute Gasteiger partial charge is 0.256 e. The summed E-state index contributed by atoms with van der Waals surface area (Å²) in [5.41, 5.74) is 1.87. The molecule has 2 fully saturated rings. The number of rotatable bonds is 2. The normalized spacial score (nSPS) is 27.8. The molecule has 2 aromatic carbocycles. The Kier molecular flexibility index (Phi) is 5.01. The molecule has 2 aromatic rings. The van der Waals surface area contributed by atoms with Crippen molar-refractivity contribution in [3.63, 3.8) is 0 Å². The van der Waals surface area contributed by atoms with Crippen molar-refractivity contribution in [1.29, 1.82) is 0 Å². The molecule has 162 valence electrons. The third kappa shape index (κ3) is 3.51. The van der Waals surface area contributed by atoms with Crippen LogP contribution in [0.1, 0.15) is 48.0 Å². The number of fused-ring (bicyclic) bond motifs is 1. The van der Waals surface area contributed by atoms with Gasteiger partial charge in [-0.2, -0.15) is 0 Å². The van der Waals surface area contributed by atoms with Crippen LogP contribution in [0.4, 0.5) is 8.78 Å². The van der Waals surface area contributed by atoms with E-state index in [1.807, 2.05) is 24.3 Å². The highest BCUT2D eigenvalue weighted by Crippen LogP contribution is 2.43. The van der Waals surface area contributed by atoms with E-state index in [-0.39, 0.29) is 17.7 Å². The van der Waals surface area contributed by atoms with Gasteiger partial charge >= 0.3 is 0 Å². The van der Waals surface area contributed by atoms with Crippen molar-refractivity contribution >= 4 is 11.8 Å². The molecule has 3 atom stereocenters. The molecule has 0 saturated carbocycles. The molecule has 3 aliphatic heterocycles. The zero-order chi connectivity index (χ0) is 21.6. The van der Waals surface area contributed by atoms with E-state index >= 15 is 0 Å². The number of benzene rings is 2. The maximum Gasteiger partial charge on any atom is 0.256 e. The van der Waals surface area contributed by atoms with E-state index in [9.17, 15) is 18.4 Å². The molecule has 1 N–H and O–H groups in total. The summed E-state index contributed by atoms with van der Waals surface area (Å²) >= 11 is 0. The summed E-state index contributed by atoms with van der Waals surface area (Å²) < 4.78 is 33.4. The Balaban J connectivity index is 1.48. The standard InChI is InChI=1S/C24H24F2N2O3/c25-19-8-7-16(12-20(19)26)18-13-28(14-24(18)10-3-6-21(29)27-24)23(30)22-17-5-2-1-4-15(17)9-11-31-22/h1-2,4-5,7-8,12,18,22H,3,6,9-11,13-14H2,(H,27,29)/t18-,22-,24+/m0/s1. The Morgan fingerprint density at radius 3 is 2.77 bits per heavy atom. The molecule has 7 heteroatoms. The van der Waals surface area contributed by atoms with Crippen LogP contribution >= 0.6 is 0 Å². The van der Waals surface area contributed by atoms with Gasteiger partial charge in [0.1, 0.15) is 0 Å². The summed E-state index contributed by atoms with van der Waals surface area (Å²) in [6, 6.07) is 11.6. The molecule has 0 bridgehead atoms. The summed E-state index contributed by atoms with van der Waals surface area (Å²) in [5.74, 6) is -2.40. The van der Waals surface area contributed by atoms with Gasteiger partial charge in [0.25, 0.3) is 5.91 Å². The molecule has 0 aromatic heterocycles. The van der Waals surface area contributed by atoms with E-state index in [2.05, 4.69) is 5.32 Å². The molecule has 3 heterocycles. The van der Waals surface area contributed by atoms with Gasteiger partial charge in [-0.1, -0.05) is 30.3 Å². The molecule has 31 heavy (non-hydrogen) atoms. The number of amides is 2. The molecular formula is C24H24F2N2O3. The van der Waals surface area contributed by atoms with Gasteiger partial charge < -0.3 is 15.0 Å². The van der Waals surface area contributed by atoms with Crippen LogP contribution in [0.3, 0.4) is 0 Å². The Labute approximate surface area is 179 Å². The van der Waals surface area contributed by atoms with Crippen LogP contribution in [-0.2, 0) is 20.7 Å². The number of nitrogens with zero attached hydrogens (tertiary/aromatic N) is 1. The summed E-state index contributed by atoms with van der Waals surface area (Å²) in [6.45, 7) is 1.10. The van der Waals surface area contributed by atoms with Crippen molar-refractivity contribution < 1.29 is 23.1 Å². The predicted octanol–water partition coefficient (Wildman–Crippen LogP) is 3.24. The first-order chi connectivity index (χ1) is 15.0. The zero-order valence-corrected chi connectivity index (χ0v) is 17.1. The van der Waals surface area contributed by atoms with Gasteiger partial charge in [0, 0.05) is 25.4 Å². The summed E-state index contributed by atoms with van der Waals surface area (Å²) in [5, 5.41) is 3.09. The Bertz CT molecular complexity index is 1040. The number of carbonyl (C=O) groups is 2. The number of hydrogen-bond acceptors (Lipinski definition) is 3. The topological polar surface area (TPSA) is 58.6 Å². The molecule has 0 aliphatic carbocycles. The quantitative estimate of drug-likeness (QED) is 0.802. The average molecular weight is 426 g/mol. The van der Waals surface area contributed by atoms with Crippen LogP contribution in [0, 0.1) is 11.6 Å². The Hall–Kier alpha value is -2.80. The fourth-order valence-corrected chi connectivity index (χ4v) is 5.34. The lowest BCUT2D eigenvalue weighted by atomic mass is 9.76. The van der Waals surface area contributed by atoms with Gasteiger partial charge in [0.2, 0.25) is 5.91 Å². The van der Waals surface area contributed by atoms with Gasteiger partial charge in [-0.3, -0.25) is 9.59 Å². The first-order valence-corrected chi connectivity index (χ1v) is 10.7. The van der Waals surface area contributed by atoms with Gasteiger partial charge in [-0.25, -0.2) is 8.78 Å². The van der Waals surface area contributed by atoms with Crippen molar-refractivity contribution in [3.8, 4) is 0 Å². The van der Waals surface area contributed by atoms with E-state index < -0.39 is 23.3 Å². The summed E-state index contributed by atoms with van der Waals surface area (Å²) in [4.78, 5) is 27.5. The van der Waals surface area contributed by atoms with E-state index in [4.69, 9.17) is 4.74 Å². The van der Waals surface area contributed by atoms with Crippen molar-refractivity contribution in [3.05, 3.63) is 70.8 Å². The fourth-order valence-electron chi connectivity index (χ4n) is 5.34. The van der Waals surface area contributed by atoms with Gasteiger partial charge in [0.15, 0.2) is 17.7 Å². The van der Waals surface area contributed by atoms with Gasteiger partial charge in [0.05, 0.1) is 12.1 Å². The second-order valence-corrected chi connectivity index (χ2v) is 8.70. The largest absolute Gasteiger partial charge is 0.363 e. The monoisotopic (exact) mass is 426 g/mol. The number of nitrogens with one attached hydrogen (secondary N) is 1. The second kappa shape index (κ2) is 7.71. The van der Waals surface area contributed by atoms with Crippen molar-refractivity contribution in [2.24, 2.45) is 0 Å². The minimum atomic E-state index is -0.927. The lowest BCUT2D eigenvalue weighted by Crippen LogP contribution is -2.56. The van der Waals surface area contributed by atoms with E-state index in [0.29, 0.717) is 44.5 Å². The van der Waals surface area contributed by atoms with E-state index in [1.165, 1.54) is 6.07 Å². The van der Waals surface area contributed by atoms with Crippen LogP contribution in [0.25, 0.3) is 0 Å². The minimum Gasteiger partial charge on any atom is -0.363 e. The molecule has 0 radical (unpaired) electrons. The van der Waals surface area contributed by atoms with Crippen LogP contribution in [0.2, 0.25) is 0 Å². The van der Waals surface area contributed by atoms with Crippen LogP contribution < -0.4 is 5.32 Å². The molecule has 5 nitrogen and oxygen atoms in total. The van der Waals surface area contributed by atoms with Crippen LogP contribution in [0.5, 0.6) is 0 Å². The maximum absolute atomic E-state index is 14.0. The first-order valence-electron chi connectivity index (χ1n) is 10.7. The van der Waals surface area contributed by atoms with Gasteiger partial charge in [-0.05, 0) is 48.1 Å². The number of hydrogen-bond donors (Lipinski definition) is 1. The number of ether oxygens (including phenoxy) is 1. The number of carbonyl (C=O) groups excluding carboxylic acids is 2. The number of halogens is 2. The van der Waals surface area contributed by atoms with Crippen LogP contribution in [-0.4, -0.2) is 41.9 Å². The Morgan fingerprint density at radius 2 is 1.97 bits per heavy atom. The molecule has 5 rings (SSSR count). The van der Waals surface area contributed by atoms with Crippen LogP contribution in [0.15, 0.2) is 42.5 Å². The SMILES string of the molecule is O=C1CCC[C@]2(CN(C(=O)[C@H]3OCCc4ccccc43)C[C@H]2c2ccc(F)c(F)c2)N1. The number of piperidine rings is 1. The molecule has 1 spiro atoms. The Morgan fingerprint density at radius 1 is 1.13 bits per heavy atom. The average Bonchev–Trinajstić information content (AvgIpc) is 3.13. The highest BCUT2D eigenvalue weighted by Gasteiger charge is 2.51. The fraction of sp³-hybridized carbons (Fsp3) is 0.417. The third-order valence-electron chi connectivity index (χ3n) is 6.83. The van der Waals surface area contributed by atoms with E-state index in [0.717, 1.165) is 23.6 Å². The highest BCUT2D eigenvalue weighted by molar-refractivity contribution is 5.84. The predicted molar refractivity (Wildman–Crippen MR) is 109 cm³/mol. The summed E-state index contributed by atoms with van der Waals surface area (Å²) in [6.07, 6.45) is 1.87. The molecule has 2 amide bonds. The first kappa shape index (κ1) is 20.1. The van der Waals surface area contributed by atoms with E-state index in [1.54, 1.807) is 11.0 Å². The minimum absolute atomic E-state index is 0.0765. The van der Waals surface area contributed by atoms with Crippen molar-refractivity contribution in [2.75, 3.05) is 19.7 Å². The second-order valence-electron chi connectivity index (χ2n) is 8.70. The highest BCUT2D eigenvalue weighted by atomic mass is 19.2. The molecule has 0 unspecified atom stereocenters. The molecule has 2 saturated heterocycles. The van der Waals surface area contributed by atoms with Crippen molar-refractivity contribution in [1.82, 2.24) is 10.2 Å². The van der Waals surface area contributed by atoms with Crippen molar-refractivity contribution in [2.45, 2.75) is 43.2 Å².